The van der Waals surface area contributed by atoms with E-state index in [1.807, 2.05) is 18.2 Å². The van der Waals surface area contributed by atoms with Crippen LogP contribution < -0.4 is 15.8 Å². The number of ether oxygens (including phenoxy) is 1. The summed E-state index contributed by atoms with van der Waals surface area (Å²) in [4.78, 5) is 10.8. The lowest BCUT2D eigenvalue weighted by Gasteiger charge is -2.15. The lowest BCUT2D eigenvalue weighted by atomic mass is 10.3. The molecule has 18 heavy (non-hydrogen) atoms. The second-order valence-corrected chi connectivity index (χ2v) is 4.87. The average molecular weight is 317 g/mol. The summed E-state index contributed by atoms with van der Waals surface area (Å²) in [6.45, 7) is 2.04. The lowest BCUT2D eigenvalue weighted by molar-refractivity contribution is -0.119. The molecule has 0 aliphatic carbocycles. The van der Waals surface area contributed by atoms with Crippen molar-refractivity contribution in [2.24, 2.45) is 5.73 Å². The number of carbonyl (C=O) groups excluding carboxylic acids is 1. The van der Waals surface area contributed by atoms with E-state index in [2.05, 4.69) is 21.2 Å². The smallest absolute Gasteiger partial charge is 0.234 e. The Labute approximate surface area is 114 Å². The van der Waals surface area contributed by atoms with Crippen LogP contribution in [0.15, 0.2) is 28.7 Å². The Balaban J connectivity index is 2.29. The minimum Gasteiger partial charge on any atom is -0.491 e. The third-order valence-corrected chi connectivity index (χ3v) is 2.82. The van der Waals surface area contributed by atoms with Gasteiger partial charge in [-0.05, 0) is 25.1 Å². The van der Waals surface area contributed by atoms with Crippen molar-refractivity contribution >= 4 is 21.8 Å². The van der Waals surface area contributed by atoms with E-state index in [0.29, 0.717) is 5.75 Å². The summed E-state index contributed by atoms with van der Waals surface area (Å²) >= 11 is 3.33. The number of aliphatic hydroxyl groups excluding tert-OH is 1. The van der Waals surface area contributed by atoms with Gasteiger partial charge in [0.1, 0.15) is 18.5 Å². The maximum atomic E-state index is 10.8. The molecule has 0 aromatic heterocycles. The molecule has 1 aromatic carbocycles. The van der Waals surface area contributed by atoms with Gasteiger partial charge >= 0.3 is 0 Å². The van der Waals surface area contributed by atoms with E-state index in [9.17, 15) is 9.90 Å². The molecule has 1 amide bonds. The predicted octanol–water partition coefficient (Wildman–Crippen LogP) is 0.652. The Morgan fingerprint density at radius 2 is 2.33 bits per heavy atom. The molecule has 100 valence electrons. The summed E-state index contributed by atoms with van der Waals surface area (Å²) in [6.07, 6.45) is -0.703. The number of amides is 1. The van der Waals surface area contributed by atoms with Gasteiger partial charge in [-0.3, -0.25) is 4.79 Å². The molecule has 6 heteroatoms. The van der Waals surface area contributed by atoms with Crippen molar-refractivity contribution in [2.45, 2.75) is 19.1 Å². The molecule has 0 fully saturated rings. The third-order valence-electron chi connectivity index (χ3n) is 2.32. The van der Waals surface area contributed by atoms with Gasteiger partial charge in [0.25, 0.3) is 0 Å². The maximum Gasteiger partial charge on any atom is 0.234 e. The molecule has 0 aliphatic rings. The van der Waals surface area contributed by atoms with Gasteiger partial charge in [-0.15, -0.1) is 0 Å². The van der Waals surface area contributed by atoms with Gasteiger partial charge in [0.2, 0.25) is 5.91 Å². The van der Waals surface area contributed by atoms with E-state index < -0.39 is 18.1 Å². The summed E-state index contributed by atoms with van der Waals surface area (Å²) in [5.74, 6) is 0.224. The average Bonchev–Trinajstić information content (AvgIpc) is 2.33. The highest BCUT2D eigenvalue weighted by Crippen LogP contribution is 2.17. The van der Waals surface area contributed by atoms with Gasteiger partial charge in [-0.1, -0.05) is 22.0 Å². The predicted molar refractivity (Wildman–Crippen MR) is 72.3 cm³/mol. The fourth-order valence-corrected chi connectivity index (χ4v) is 1.60. The standard InChI is InChI=1S/C12H17BrN2O3/c1-8(12(14)17)15-6-10(16)7-18-11-4-2-3-9(13)5-11/h2-5,8,10,15-16H,6-7H2,1H3,(H2,14,17). The molecule has 0 heterocycles. The summed E-state index contributed by atoms with van der Waals surface area (Å²) < 4.78 is 6.32. The first kappa shape index (κ1) is 14.9. The number of aliphatic hydroxyl groups is 1. The van der Waals surface area contributed by atoms with Crippen LogP contribution in [-0.2, 0) is 4.79 Å². The van der Waals surface area contributed by atoms with Gasteiger partial charge in [-0.25, -0.2) is 0 Å². The van der Waals surface area contributed by atoms with Crippen LogP contribution in [0.2, 0.25) is 0 Å². The Hall–Kier alpha value is -1.11. The summed E-state index contributed by atoms with van der Waals surface area (Å²) in [7, 11) is 0. The van der Waals surface area contributed by atoms with Crippen LogP contribution in [0.25, 0.3) is 0 Å². The Morgan fingerprint density at radius 3 is 2.94 bits per heavy atom. The van der Waals surface area contributed by atoms with Crippen LogP contribution in [0.3, 0.4) is 0 Å². The highest BCUT2D eigenvalue weighted by molar-refractivity contribution is 9.10. The van der Waals surface area contributed by atoms with Crippen molar-refractivity contribution in [1.82, 2.24) is 5.32 Å². The van der Waals surface area contributed by atoms with E-state index in [-0.39, 0.29) is 13.2 Å². The number of primary amides is 1. The first-order valence-electron chi connectivity index (χ1n) is 5.58. The van der Waals surface area contributed by atoms with Gasteiger partial charge < -0.3 is 20.9 Å². The second kappa shape index (κ2) is 7.35. The van der Waals surface area contributed by atoms with Crippen molar-refractivity contribution < 1.29 is 14.6 Å². The molecule has 2 atom stereocenters. The highest BCUT2D eigenvalue weighted by atomic mass is 79.9. The fourth-order valence-electron chi connectivity index (χ4n) is 1.22. The van der Waals surface area contributed by atoms with Crippen LogP contribution >= 0.6 is 15.9 Å². The van der Waals surface area contributed by atoms with E-state index in [4.69, 9.17) is 10.5 Å². The van der Waals surface area contributed by atoms with E-state index >= 15 is 0 Å². The van der Waals surface area contributed by atoms with Crippen LogP contribution in [0, 0.1) is 0 Å². The van der Waals surface area contributed by atoms with Crippen molar-refractivity contribution in [1.29, 1.82) is 0 Å². The van der Waals surface area contributed by atoms with Gasteiger partial charge in [0.05, 0.1) is 6.04 Å². The van der Waals surface area contributed by atoms with Crippen molar-refractivity contribution in [3.63, 3.8) is 0 Å². The molecule has 1 rings (SSSR count). The quantitative estimate of drug-likeness (QED) is 0.689. The number of nitrogens with two attached hydrogens (primary N) is 1. The molecule has 1 aromatic rings. The number of hydrogen-bond donors (Lipinski definition) is 3. The van der Waals surface area contributed by atoms with Crippen molar-refractivity contribution in [3.05, 3.63) is 28.7 Å². The molecular formula is C12H17BrN2O3. The van der Waals surface area contributed by atoms with Crippen molar-refractivity contribution in [2.75, 3.05) is 13.2 Å². The number of halogens is 1. The molecule has 0 spiro atoms. The van der Waals surface area contributed by atoms with E-state index in [1.165, 1.54) is 0 Å². The van der Waals surface area contributed by atoms with Crippen LogP contribution in [0.1, 0.15) is 6.92 Å². The van der Waals surface area contributed by atoms with Crippen molar-refractivity contribution in [3.8, 4) is 5.75 Å². The normalized spacial score (nSPS) is 13.9. The monoisotopic (exact) mass is 316 g/mol. The van der Waals surface area contributed by atoms with Crippen LogP contribution in [-0.4, -0.2) is 36.3 Å². The fraction of sp³-hybridized carbons (Fsp3) is 0.417. The largest absolute Gasteiger partial charge is 0.491 e. The first-order valence-corrected chi connectivity index (χ1v) is 6.37. The minimum absolute atomic E-state index is 0.148. The summed E-state index contributed by atoms with van der Waals surface area (Å²) in [5.41, 5.74) is 5.08. The molecule has 0 bridgehead atoms. The molecule has 0 saturated heterocycles. The molecular weight excluding hydrogens is 300 g/mol. The number of hydrogen-bond acceptors (Lipinski definition) is 4. The Kier molecular flexibility index (Phi) is 6.11. The van der Waals surface area contributed by atoms with Crippen LogP contribution in [0.5, 0.6) is 5.75 Å². The van der Waals surface area contributed by atoms with Gasteiger partial charge in [0.15, 0.2) is 0 Å². The van der Waals surface area contributed by atoms with Crippen LogP contribution in [0.4, 0.5) is 0 Å². The second-order valence-electron chi connectivity index (χ2n) is 3.95. The molecule has 2 unspecified atom stereocenters. The zero-order chi connectivity index (χ0) is 13.5. The number of carbonyl (C=O) groups is 1. The number of nitrogens with one attached hydrogen (secondary N) is 1. The summed E-state index contributed by atoms with van der Waals surface area (Å²) in [6, 6.07) is 6.88. The van der Waals surface area contributed by atoms with E-state index in [1.54, 1.807) is 13.0 Å². The molecule has 0 aliphatic heterocycles. The van der Waals surface area contributed by atoms with Gasteiger partial charge in [-0.2, -0.15) is 0 Å². The summed E-state index contributed by atoms with van der Waals surface area (Å²) in [5, 5.41) is 12.5. The Bertz CT molecular complexity index is 401. The zero-order valence-electron chi connectivity index (χ0n) is 10.1. The highest BCUT2D eigenvalue weighted by Gasteiger charge is 2.11. The number of benzene rings is 1. The SMILES string of the molecule is CC(NCC(O)COc1cccc(Br)c1)C(N)=O. The molecule has 5 nitrogen and oxygen atoms in total. The minimum atomic E-state index is -0.703. The third kappa shape index (κ3) is 5.48. The first-order chi connectivity index (χ1) is 8.49. The van der Waals surface area contributed by atoms with E-state index in [0.717, 1.165) is 4.47 Å². The molecule has 4 N–H and O–H groups in total. The molecule has 0 saturated carbocycles. The van der Waals surface area contributed by atoms with Gasteiger partial charge in [0, 0.05) is 11.0 Å². The maximum absolute atomic E-state index is 10.8. The topological polar surface area (TPSA) is 84.6 Å². The zero-order valence-corrected chi connectivity index (χ0v) is 11.7. The number of rotatable bonds is 7. The Morgan fingerprint density at radius 1 is 1.61 bits per heavy atom. The lowest BCUT2D eigenvalue weighted by Crippen LogP contribution is -2.43. The molecule has 0 radical (unpaired) electrons.